The first-order valence-corrected chi connectivity index (χ1v) is 5.38. The molecule has 1 aromatic carbocycles. The van der Waals surface area contributed by atoms with Crippen LogP contribution in [0, 0.1) is 5.92 Å². The summed E-state index contributed by atoms with van der Waals surface area (Å²) in [6.45, 7) is 2.24. The smallest absolute Gasteiger partial charge is 0.00404 e. The molecule has 0 saturated heterocycles. The van der Waals surface area contributed by atoms with Gasteiger partial charge in [0.05, 0.1) is 0 Å². The van der Waals surface area contributed by atoms with Crippen molar-refractivity contribution in [3.8, 4) is 0 Å². The molecule has 1 unspecified atom stereocenters. The normalized spacial score (nSPS) is 20.7. The standard InChI is InChI=1S/C13H14S/c1-10-2-4-11(5-3-10)12-6-8-13(14)9-7-12/h2,4-10,14H,3H2,1H3. The van der Waals surface area contributed by atoms with E-state index in [1.54, 1.807) is 0 Å². The second-order valence-corrected chi connectivity index (χ2v) is 4.29. The maximum atomic E-state index is 4.27. The largest absolute Gasteiger partial charge is 0.143 e. The molecule has 1 aliphatic rings. The fraction of sp³-hybridized carbons (Fsp3) is 0.231. The Balaban J connectivity index is 2.24. The van der Waals surface area contributed by atoms with Gasteiger partial charge in [-0.25, -0.2) is 0 Å². The molecule has 0 heterocycles. The van der Waals surface area contributed by atoms with Gasteiger partial charge in [-0.3, -0.25) is 0 Å². The zero-order valence-corrected chi connectivity index (χ0v) is 9.17. The molecule has 0 nitrogen and oxygen atoms in total. The van der Waals surface area contributed by atoms with Crippen molar-refractivity contribution in [1.82, 2.24) is 0 Å². The van der Waals surface area contributed by atoms with Gasteiger partial charge in [0.1, 0.15) is 0 Å². The Morgan fingerprint density at radius 3 is 2.50 bits per heavy atom. The molecule has 2 rings (SSSR count). The summed E-state index contributed by atoms with van der Waals surface area (Å²) in [6, 6.07) is 8.30. The quantitative estimate of drug-likeness (QED) is 0.655. The van der Waals surface area contributed by atoms with Crippen molar-refractivity contribution in [3.63, 3.8) is 0 Å². The zero-order chi connectivity index (χ0) is 9.97. The molecular weight excluding hydrogens is 188 g/mol. The summed E-state index contributed by atoms with van der Waals surface area (Å²) in [5.74, 6) is 0.683. The van der Waals surface area contributed by atoms with Gasteiger partial charge >= 0.3 is 0 Å². The van der Waals surface area contributed by atoms with E-state index in [1.807, 2.05) is 12.1 Å². The van der Waals surface area contributed by atoms with Crippen molar-refractivity contribution in [1.29, 1.82) is 0 Å². The van der Waals surface area contributed by atoms with Crippen molar-refractivity contribution >= 4 is 18.2 Å². The van der Waals surface area contributed by atoms with Gasteiger partial charge in [-0.15, -0.1) is 12.6 Å². The van der Waals surface area contributed by atoms with Gasteiger partial charge in [-0.1, -0.05) is 37.3 Å². The number of rotatable bonds is 1. The number of benzene rings is 1. The van der Waals surface area contributed by atoms with E-state index in [0.717, 1.165) is 11.3 Å². The lowest BCUT2D eigenvalue weighted by Crippen LogP contribution is -1.93. The second-order valence-electron chi connectivity index (χ2n) is 3.78. The Labute approximate surface area is 90.8 Å². The maximum absolute atomic E-state index is 4.27. The van der Waals surface area contributed by atoms with Crippen LogP contribution in [0.25, 0.3) is 5.57 Å². The molecule has 0 aliphatic heterocycles. The van der Waals surface area contributed by atoms with Crippen LogP contribution in [0.1, 0.15) is 18.9 Å². The lowest BCUT2D eigenvalue weighted by molar-refractivity contribution is 0.739. The molecule has 1 aliphatic carbocycles. The maximum Gasteiger partial charge on any atom is 0.00404 e. The van der Waals surface area contributed by atoms with Gasteiger partial charge in [0.2, 0.25) is 0 Å². The van der Waals surface area contributed by atoms with E-state index in [-0.39, 0.29) is 0 Å². The van der Waals surface area contributed by atoms with Crippen molar-refractivity contribution in [2.45, 2.75) is 18.2 Å². The van der Waals surface area contributed by atoms with E-state index < -0.39 is 0 Å². The predicted octanol–water partition coefficient (Wildman–Crippen LogP) is 3.95. The monoisotopic (exact) mass is 202 g/mol. The highest BCUT2D eigenvalue weighted by atomic mass is 32.1. The minimum Gasteiger partial charge on any atom is -0.143 e. The fourth-order valence-corrected chi connectivity index (χ4v) is 1.74. The Morgan fingerprint density at radius 2 is 1.93 bits per heavy atom. The summed E-state index contributed by atoms with van der Waals surface area (Å²) in [5.41, 5.74) is 2.61. The number of allylic oxidation sites excluding steroid dienone is 4. The van der Waals surface area contributed by atoms with Gasteiger partial charge in [-0.2, -0.15) is 0 Å². The van der Waals surface area contributed by atoms with E-state index in [9.17, 15) is 0 Å². The minimum atomic E-state index is 0.683. The van der Waals surface area contributed by atoms with E-state index in [2.05, 4.69) is 49.9 Å². The van der Waals surface area contributed by atoms with Crippen LogP contribution < -0.4 is 0 Å². The molecule has 14 heavy (non-hydrogen) atoms. The van der Waals surface area contributed by atoms with Gasteiger partial charge < -0.3 is 0 Å². The lowest BCUT2D eigenvalue weighted by Gasteiger charge is -2.11. The third kappa shape index (κ3) is 2.10. The SMILES string of the molecule is CC1C=CC(c2ccc(S)cc2)=CC1. The lowest BCUT2D eigenvalue weighted by atomic mass is 9.94. The third-order valence-electron chi connectivity index (χ3n) is 2.51. The molecule has 0 radical (unpaired) electrons. The van der Waals surface area contributed by atoms with Crippen LogP contribution >= 0.6 is 12.6 Å². The zero-order valence-electron chi connectivity index (χ0n) is 8.27. The summed E-state index contributed by atoms with van der Waals surface area (Å²) in [4.78, 5) is 1.02. The molecule has 0 fully saturated rings. The average Bonchev–Trinajstić information content (AvgIpc) is 2.21. The summed E-state index contributed by atoms with van der Waals surface area (Å²) >= 11 is 4.27. The molecule has 0 N–H and O–H groups in total. The van der Waals surface area contributed by atoms with Crippen LogP contribution in [0.4, 0.5) is 0 Å². The van der Waals surface area contributed by atoms with Gasteiger partial charge in [-0.05, 0) is 35.6 Å². The molecule has 0 spiro atoms. The van der Waals surface area contributed by atoms with Gasteiger partial charge in [0, 0.05) is 4.90 Å². The molecule has 0 aromatic heterocycles. The summed E-state index contributed by atoms with van der Waals surface area (Å²) < 4.78 is 0. The number of thiol groups is 1. The van der Waals surface area contributed by atoms with Crippen LogP contribution in [0.15, 0.2) is 47.4 Å². The van der Waals surface area contributed by atoms with Crippen LogP contribution in [0.2, 0.25) is 0 Å². The van der Waals surface area contributed by atoms with Gasteiger partial charge in [0.15, 0.2) is 0 Å². The van der Waals surface area contributed by atoms with Crippen LogP contribution in [0.5, 0.6) is 0 Å². The summed E-state index contributed by atoms with van der Waals surface area (Å²) in [6.07, 6.45) is 7.93. The van der Waals surface area contributed by atoms with E-state index in [1.165, 1.54) is 11.1 Å². The van der Waals surface area contributed by atoms with Crippen molar-refractivity contribution in [2.75, 3.05) is 0 Å². The molecule has 1 atom stereocenters. The van der Waals surface area contributed by atoms with E-state index >= 15 is 0 Å². The number of hydrogen-bond acceptors (Lipinski definition) is 1. The minimum absolute atomic E-state index is 0.683. The molecule has 72 valence electrons. The van der Waals surface area contributed by atoms with E-state index in [0.29, 0.717) is 5.92 Å². The van der Waals surface area contributed by atoms with Crippen LogP contribution in [0.3, 0.4) is 0 Å². The summed E-state index contributed by atoms with van der Waals surface area (Å²) in [7, 11) is 0. The topological polar surface area (TPSA) is 0 Å². The van der Waals surface area contributed by atoms with Gasteiger partial charge in [0.25, 0.3) is 0 Å². The molecule has 0 bridgehead atoms. The van der Waals surface area contributed by atoms with Crippen molar-refractivity contribution in [2.24, 2.45) is 5.92 Å². The first-order chi connectivity index (χ1) is 6.75. The Morgan fingerprint density at radius 1 is 1.21 bits per heavy atom. The molecule has 0 amide bonds. The molecule has 1 aromatic rings. The highest BCUT2D eigenvalue weighted by Crippen LogP contribution is 2.24. The Hall–Kier alpha value is -0.950. The predicted molar refractivity (Wildman–Crippen MR) is 64.6 cm³/mol. The Bertz CT molecular complexity index is 371. The molecule has 1 heteroatoms. The summed E-state index contributed by atoms with van der Waals surface area (Å²) in [5, 5.41) is 0. The van der Waals surface area contributed by atoms with Crippen LogP contribution in [-0.4, -0.2) is 0 Å². The first-order valence-electron chi connectivity index (χ1n) is 4.93. The highest BCUT2D eigenvalue weighted by Gasteiger charge is 2.04. The Kier molecular flexibility index (Phi) is 2.78. The van der Waals surface area contributed by atoms with Crippen LogP contribution in [-0.2, 0) is 0 Å². The first kappa shape index (κ1) is 9.60. The average molecular weight is 202 g/mol. The third-order valence-corrected chi connectivity index (χ3v) is 2.81. The molecule has 0 saturated carbocycles. The number of hydrogen-bond donors (Lipinski definition) is 1. The van der Waals surface area contributed by atoms with Crippen molar-refractivity contribution in [3.05, 3.63) is 48.1 Å². The molecular formula is C13H14S. The highest BCUT2D eigenvalue weighted by molar-refractivity contribution is 7.80. The van der Waals surface area contributed by atoms with E-state index in [4.69, 9.17) is 0 Å². The van der Waals surface area contributed by atoms with Crippen molar-refractivity contribution < 1.29 is 0 Å². The fourth-order valence-electron chi connectivity index (χ4n) is 1.60. The second kappa shape index (κ2) is 4.05.